The summed E-state index contributed by atoms with van der Waals surface area (Å²) < 4.78 is 0.791. The topological polar surface area (TPSA) is 69.6 Å². The van der Waals surface area contributed by atoms with Crippen molar-refractivity contribution >= 4 is 21.7 Å². The van der Waals surface area contributed by atoms with Crippen molar-refractivity contribution in [1.82, 2.24) is 5.32 Å². The minimum atomic E-state index is -0.120. The molecule has 0 saturated heterocycles. The van der Waals surface area contributed by atoms with Crippen LogP contribution in [0.5, 0.6) is 11.5 Å². The summed E-state index contributed by atoms with van der Waals surface area (Å²) in [5.41, 5.74) is 3.61. The van der Waals surface area contributed by atoms with Crippen molar-refractivity contribution in [1.29, 1.82) is 0 Å². The van der Waals surface area contributed by atoms with E-state index in [4.69, 9.17) is 0 Å². The molecule has 21 heavy (non-hydrogen) atoms. The molecule has 1 heterocycles. The fourth-order valence-corrected chi connectivity index (χ4v) is 3.74. The Balaban J connectivity index is 1.86. The Labute approximate surface area is 132 Å². The summed E-state index contributed by atoms with van der Waals surface area (Å²) in [6.45, 7) is 0.887. The summed E-state index contributed by atoms with van der Waals surface area (Å²) in [5.74, 6) is 0.125. The fourth-order valence-electron chi connectivity index (χ4n) is 3.25. The van der Waals surface area contributed by atoms with Gasteiger partial charge >= 0.3 is 0 Å². The molecule has 3 N–H and O–H groups in total. The molecule has 0 radical (unpaired) electrons. The van der Waals surface area contributed by atoms with E-state index in [0.717, 1.165) is 35.8 Å². The highest BCUT2D eigenvalue weighted by atomic mass is 79.9. The van der Waals surface area contributed by atoms with Gasteiger partial charge in [0, 0.05) is 23.4 Å². The third-order valence-electron chi connectivity index (χ3n) is 4.34. The second-order valence-corrected chi connectivity index (χ2v) is 6.59. The number of hydrogen-bond acceptors (Lipinski definition) is 4. The van der Waals surface area contributed by atoms with Gasteiger partial charge in [0.15, 0.2) is 11.5 Å². The van der Waals surface area contributed by atoms with Gasteiger partial charge in [0.05, 0.1) is 0 Å². The molecule has 0 aromatic heterocycles. The van der Waals surface area contributed by atoms with Crippen LogP contribution >= 0.6 is 15.9 Å². The van der Waals surface area contributed by atoms with Crippen LogP contribution in [0.4, 0.5) is 0 Å². The van der Waals surface area contributed by atoms with Gasteiger partial charge in [-0.05, 0) is 43.5 Å². The van der Waals surface area contributed by atoms with Crippen molar-refractivity contribution in [2.24, 2.45) is 0 Å². The molecular formula is C16H18BrNO3. The summed E-state index contributed by atoms with van der Waals surface area (Å²) in [6.07, 6.45) is 3.78. The molecule has 3 rings (SSSR count). The Morgan fingerprint density at radius 2 is 1.95 bits per heavy atom. The predicted molar refractivity (Wildman–Crippen MR) is 83.5 cm³/mol. The number of carbonyl (C=O) groups is 1. The first-order valence-electron chi connectivity index (χ1n) is 7.21. The zero-order valence-electron chi connectivity index (χ0n) is 11.7. The highest BCUT2D eigenvalue weighted by molar-refractivity contribution is 9.10. The van der Waals surface area contributed by atoms with Crippen molar-refractivity contribution in [2.45, 2.75) is 38.1 Å². The molecule has 112 valence electrons. The molecule has 1 aromatic carbocycles. The van der Waals surface area contributed by atoms with Crippen molar-refractivity contribution in [3.63, 3.8) is 0 Å². The molecule has 0 spiro atoms. The van der Waals surface area contributed by atoms with Crippen LogP contribution in [0.25, 0.3) is 0 Å². The van der Waals surface area contributed by atoms with Gasteiger partial charge in [-0.1, -0.05) is 27.1 Å². The summed E-state index contributed by atoms with van der Waals surface area (Å²) >= 11 is 3.44. The standard InChI is InChI=1S/C16H18BrNO3/c17-13-8-16(21)15(20)7-10(13)6-14-12-2-1-11(19)5-9(12)3-4-18-14/h7-8,14,18,20-21H,1-6H2/t14-/m0/s1. The average Bonchev–Trinajstić information content (AvgIpc) is 2.44. The van der Waals surface area contributed by atoms with E-state index in [2.05, 4.69) is 21.2 Å². The van der Waals surface area contributed by atoms with Gasteiger partial charge in [-0.25, -0.2) is 0 Å². The Morgan fingerprint density at radius 3 is 2.76 bits per heavy atom. The highest BCUT2D eigenvalue weighted by Gasteiger charge is 2.28. The minimum Gasteiger partial charge on any atom is -0.504 e. The Bertz CT molecular complexity index is 624. The number of Topliss-reactive ketones (excluding diaryl/α,β-unsaturated/α-hetero) is 1. The number of rotatable bonds is 2. The molecule has 4 nitrogen and oxygen atoms in total. The van der Waals surface area contributed by atoms with Crippen molar-refractivity contribution in [3.05, 3.63) is 33.3 Å². The Hall–Kier alpha value is -1.33. The fraction of sp³-hybridized carbons (Fsp3) is 0.438. The number of phenols is 2. The van der Waals surface area contributed by atoms with Gasteiger partial charge < -0.3 is 15.5 Å². The monoisotopic (exact) mass is 351 g/mol. The third-order valence-corrected chi connectivity index (χ3v) is 5.08. The lowest BCUT2D eigenvalue weighted by Crippen LogP contribution is -2.40. The smallest absolute Gasteiger partial charge is 0.158 e. The minimum absolute atomic E-state index is 0.1000. The highest BCUT2D eigenvalue weighted by Crippen LogP contribution is 2.35. The van der Waals surface area contributed by atoms with Crippen LogP contribution in [-0.2, 0) is 11.2 Å². The summed E-state index contributed by atoms with van der Waals surface area (Å²) in [6, 6.07) is 3.33. The lowest BCUT2D eigenvalue weighted by atomic mass is 9.81. The van der Waals surface area contributed by atoms with Crippen LogP contribution in [0.2, 0.25) is 0 Å². The largest absolute Gasteiger partial charge is 0.504 e. The van der Waals surface area contributed by atoms with Crippen LogP contribution in [0.3, 0.4) is 0 Å². The Morgan fingerprint density at radius 1 is 1.19 bits per heavy atom. The first-order chi connectivity index (χ1) is 10.0. The van der Waals surface area contributed by atoms with Gasteiger partial charge in [0.2, 0.25) is 0 Å². The average molecular weight is 352 g/mol. The zero-order chi connectivity index (χ0) is 15.0. The van der Waals surface area contributed by atoms with Gasteiger partial charge in [-0.2, -0.15) is 0 Å². The number of hydrogen-bond donors (Lipinski definition) is 3. The second kappa shape index (κ2) is 5.81. The molecule has 5 heteroatoms. The van der Waals surface area contributed by atoms with E-state index in [-0.39, 0.29) is 17.5 Å². The van der Waals surface area contributed by atoms with E-state index < -0.39 is 0 Å². The lowest BCUT2D eigenvalue weighted by Gasteiger charge is -2.33. The van der Waals surface area contributed by atoms with Gasteiger partial charge in [0.25, 0.3) is 0 Å². The zero-order valence-corrected chi connectivity index (χ0v) is 13.2. The van der Waals surface area contributed by atoms with Crippen molar-refractivity contribution in [2.75, 3.05) is 6.54 Å². The van der Waals surface area contributed by atoms with Crippen LogP contribution in [0, 0.1) is 0 Å². The maximum atomic E-state index is 11.6. The van der Waals surface area contributed by atoms with Crippen molar-refractivity contribution in [3.8, 4) is 11.5 Å². The molecular weight excluding hydrogens is 334 g/mol. The molecule has 0 bridgehead atoms. The summed E-state index contributed by atoms with van der Waals surface area (Å²) in [7, 11) is 0. The normalized spacial score (nSPS) is 22.3. The number of carbonyl (C=O) groups excluding carboxylic acids is 1. The molecule has 1 aliphatic heterocycles. The van der Waals surface area contributed by atoms with E-state index in [1.807, 2.05) is 0 Å². The molecule has 0 fully saturated rings. The number of aromatic hydroxyl groups is 2. The Kier molecular flexibility index (Phi) is 4.04. The molecule has 0 unspecified atom stereocenters. The molecule has 0 saturated carbocycles. The number of nitrogens with one attached hydrogen (secondary N) is 1. The quantitative estimate of drug-likeness (QED) is 0.566. The maximum absolute atomic E-state index is 11.6. The number of benzene rings is 1. The van der Waals surface area contributed by atoms with E-state index in [9.17, 15) is 15.0 Å². The van der Waals surface area contributed by atoms with Crippen LogP contribution in [0.15, 0.2) is 27.8 Å². The summed E-state index contributed by atoms with van der Waals surface area (Å²) in [5, 5.41) is 22.7. The predicted octanol–water partition coefficient (Wildman–Crippen LogP) is 2.81. The first-order valence-corrected chi connectivity index (χ1v) is 8.00. The first kappa shape index (κ1) is 14.6. The van der Waals surface area contributed by atoms with E-state index in [1.54, 1.807) is 6.07 Å². The maximum Gasteiger partial charge on any atom is 0.158 e. The van der Waals surface area contributed by atoms with Gasteiger partial charge in [-0.15, -0.1) is 0 Å². The van der Waals surface area contributed by atoms with Crippen LogP contribution < -0.4 is 5.32 Å². The molecule has 0 amide bonds. The van der Waals surface area contributed by atoms with Crippen LogP contribution in [0.1, 0.15) is 31.2 Å². The second-order valence-electron chi connectivity index (χ2n) is 5.74. The van der Waals surface area contributed by atoms with E-state index in [0.29, 0.717) is 18.6 Å². The molecule has 1 aromatic rings. The number of phenolic OH excluding ortho intramolecular Hbond substituents is 2. The van der Waals surface area contributed by atoms with E-state index in [1.165, 1.54) is 17.2 Å². The molecule has 1 atom stereocenters. The number of ketones is 1. The summed E-state index contributed by atoms with van der Waals surface area (Å²) in [4.78, 5) is 11.6. The molecule has 2 aliphatic rings. The van der Waals surface area contributed by atoms with Crippen LogP contribution in [-0.4, -0.2) is 28.6 Å². The van der Waals surface area contributed by atoms with Gasteiger partial charge in [0.1, 0.15) is 5.78 Å². The number of halogens is 1. The van der Waals surface area contributed by atoms with E-state index >= 15 is 0 Å². The lowest BCUT2D eigenvalue weighted by molar-refractivity contribution is -0.118. The molecule has 1 aliphatic carbocycles. The van der Waals surface area contributed by atoms with Gasteiger partial charge in [-0.3, -0.25) is 4.79 Å². The third kappa shape index (κ3) is 2.99. The van der Waals surface area contributed by atoms with Crippen molar-refractivity contribution < 1.29 is 15.0 Å². The SMILES string of the molecule is O=C1CCC2=C(CCN[C@H]2Cc2cc(O)c(O)cc2Br)C1.